The van der Waals surface area contributed by atoms with Gasteiger partial charge in [0.15, 0.2) is 5.78 Å². The van der Waals surface area contributed by atoms with Crippen LogP contribution in [0.2, 0.25) is 0 Å². The summed E-state index contributed by atoms with van der Waals surface area (Å²) in [5.41, 5.74) is 3.27. The molecule has 1 fully saturated rings. The van der Waals surface area contributed by atoms with Crippen molar-refractivity contribution in [1.82, 2.24) is 15.3 Å². The molecule has 2 heterocycles. The Morgan fingerprint density at radius 2 is 1.94 bits per heavy atom. The molecular formula is C26H28FN3O2. The fourth-order valence-electron chi connectivity index (χ4n) is 3.95. The molecule has 1 saturated carbocycles. The first-order valence-electron chi connectivity index (χ1n) is 11.4. The minimum absolute atomic E-state index is 0.112. The van der Waals surface area contributed by atoms with Crippen molar-refractivity contribution in [3.05, 3.63) is 59.2 Å². The fraction of sp³-hybridized carbons (Fsp3) is 0.385. The number of Topliss-reactive ketones (excluding diaryl/α,β-unsaturated/α-hetero) is 1. The smallest absolute Gasteiger partial charge is 0.252 e. The number of amides is 1. The van der Waals surface area contributed by atoms with E-state index in [0.29, 0.717) is 53.2 Å². The fourth-order valence-corrected chi connectivity index (χ4v) is 3.95. The molecule has 3 aromatic rings. The summed E-state index contributed by atoms with van der Waals surface area (Å²) in [4.78, 5) is 33.7. The predicted molar refractivity (Wildman–Crippen MR) is 123 cm³/mol. The highest BCUT2D eigenvalue weighted by atomic mass is 19.1. The molecule has 0 atom stereocenters. The maximum Gasteiger partial charge on any atom is 0.252 e. The van der Waals surface area contributed by atoms with Crippen molar-refractivity contribution in [3.63, 3.8) is 0 Å². The lowest BCUT2D eigenvalue weighted by molar-refractivity contribution is 0.0950. The van der Waals surface area contributed by atoms with Crippen molar-refractivity contribution < 1.29 is 14.0 Å². The van der Waals surface area contributed by atoms with Crippen molar-refractivity contribution in [3.8, 4) is 11.3 Å². The number of aryl methyl sites for hydroxylation is 1. The average molecular weight is 434 g/mol. The number of ketones is 1. The second kappa shape index (κ2) is 9.55. The second-order valence-electron chi connectivity index (χ2n) is 8.47. The zero-order valence-electron chi connectivity index (χ0n) is 18.6. The van der Waals surface area contributed by atoms with E-state index < -0.39 is 5.82 Å². The van der Waals surface area contributed by atoms with Gasteiger partial charge in [-0.05, 0) is 55.4 Å². The number of hydrogen-bond acceptors (Lipinski definition) is 4. The Morgan fingerprint density at radius 1 is 1.12 bits per heavy atom. The Morgan fingerprint density at radius 3 is 2.59 bits per heavy atom. The molecule has 1 amide bonds. The third kappa shape index (κ3) is 4.69. The van der Waals surface area contributed by atoms with Gasteiger partial charge in [-0.15, -0.1) is 0 Å². The second-order valence-corrected chi connectivity index (χ2v) is 8.47. The van der Waals surface area contributed by atoms with Crippen molar-refractivity contribution in [1.29, 1.82) is 0 Å². The number of nitrogens with zero attached hydrogens (tertiary/aromatic N) is 2. The number of carbonyl (C=O) groups is 2. The lowest BCUT2D eigenvalue weighted by Gasteiger charge is -2.12. The molecule has 0 aliphatic heterocycles. The van der Waals surface area contributed by atoms with E-state index in [1.54, 1.807) is 24.4 Å². The third-order valence-corrected chi connectivity index (χ3v) is 6.01. The molecule has 0 saturated heterocycles. The van der Waals surface area contributed by atoms with Gasteiger partial charge in [0.2, 0.25) is 0 Å². The molecule has 0 bridgehead atoms. The van der Waals surface area contributed by atoms with Crippen LogP contribution in [0.5, 0.6) is 0 Å². The number of unbranched alkanes of at least 4 members (excludes halogenated alkanes) is 1. The minimum Gasteiger partial charge on any atom is -0.352 e. The van der Waals surface area contributed by atoms with Gasteiger partial charge >= 0.3 is 0 Å². The van der Waals surface area contributed by atoms with Crippen LogP contribution >= 0.6 is 0 Å². The molecule has 0 radical (unpaired) electrons. The molecule has 1 N–H and O–H groups in total. The third-order valence-electron chi connectivity index (χ3n) is 6.01. The van der Waals surface area contributed by atoms with E-state index in [1.807, 2.05) is 6.92 Å². The minimum atomic E-state index is -0.434. The Bertz CT molecular complexity index is 1150. The average Bonchev–Trinajstić information content (AvgIpc) is 3.62. The zero-order chi connectivity index (χ0) is 22.7. The standard InChI is InChI=1S/C26H28FN3O2/c1-3-5-10-28-26(32)17-8-9-23(29-14-17)20-12-19-18(4-2)21(25(31)11-16-6-7-16)15-30-24(19)13-22(20)27/h8-9,12-16H,3-7,10-11H2,1-2H3,(H,28,32). The van der Waals surface area contributed by atoms with Crippen LogP contribution in [0.3, 0.4) is 0 Å². The number of halogens is 1. The van der Waals surface area contributed by atoms with Crippen LogP contribution in [0.25, 0.3) is 22.2 Å². The molecule has 1 aromatic carbocycles. The van der Waals surface area contributed by atoms with Gasteiger partial charge in [-0.3, -0.25) is 19.6 Å². The number of benzene rings is 1. The maximum atomic E-state index is 14.9. The number of hydrogen-bond donors (Lipinski definition) is 1. The van der Waals surface area contributed by atoms with E-state index in [-0.39, 0.29) is 11.7 Å². The summed E-state index contributed by atoms with van der Waals surface area (Å²) < 4.78 is 14.9. The molecule has 1 aliphatic rings. The molecule has 4 rings (SSSR count). The van der Waals surface area contributed by atoms with Gasteiger partial charge in [0, 0.05) is 47.9 Å². The van der Waals surface area contributed by atoms with E-state index >= 15 is 0 Å². The van der Waals surface area contributed by atoms with Crippen molar-refractivity contribution in [2.24, 2.45) is 5.92 Å². The highest BCUT2D eigenvalue weighted by molar-refractivity contribution is 6.02. The maximum absolute atomic E-state index is 14.9. The number of nitrogens with one attached hydrogen (secondary N) is 1. The molecule has 6 heteroatoms. The van der Waals surface area contributed by atoms with E-state index in [0.717, 1.165) is 36.6 Å². The Kier molecular flexibility index (Phi) is 6.58. The molecule has 0 unspecified atom stereocenters. The Hall–Kier alpha value is -3.15. The van der Waals surface area contributed by atoms with E-state index in [4.69, 9.17) is 0 Å². The largest absolute Gasteiger partial charge is 0.352 e. The number of pyridine rings is 2. The first-order valence-corrected chi connectivity index (χ1v) is 11.4. The molecule has 166 valence electrons. The summed E-state index contributed by atoms with van der Waals surface area (Å²) in [6, 6.07) is 6.43. The molecule has 1 aliphatic carbocycles. The van der Waals surface area contributed by atoms with Crippen LogP contribution in [0, 0.1) is 11.7 Å². The van der Waals surface area contributed by atoms with Crippen molar-refractivity contribution in [2.45, 2.75) is 52.4 Å². The number of fused-ring (bicyclic) bond motifs is 1. The quantitative estimate of drug-likeness (QED) is 0.357. The topological polar surface area (TPSA) is 72.0 Å². The van der Waals surface area contributed by atoms with Crippen LogP contribution in [0.15, 0.2) is 36.7 Å². The van der Waals surface area contributed by atoms with Crippen LogP contribution < -0.4 is 5.32 Å². The molecular weight excluding hydrogens is 405 g/mol. The lowest BCUT2D eigenvalue weighted by Crippen LogP contribution is -2.24. The lowest BCUT2D eigenvalue weighted by atomic mass is 9.94. The van der Waals surface area contributed by atoms with Crippen LogP contribution in [0.1, 0.15) is 72.2 Å². The van der Waals surface area contributed by atoms with Gasteiger partial charge in [-0.25, -0.2) is 4.39 Å². The Labute approximate surface area is 187 Å². The summed E-state index contributed by atoms with van der Waals surface area (Å²) in [6.07, 6.45) is 8.41. The van der Waals surface area contributed by atoms with E-state index in [1.165, 1.54) is 12.3 Å². The number of aromatic nitrogens is 2. The monoisotopic (exact) mass is 433 g/mol. The highest BCUT2D eigenvalue weighted by Crippen LogP contribution is 2.35. The van der Waals surface area contributed by atoms with Gasteiger partial charge in [-0.2, -0.15) is 0 Å². The molecule has 2 aromatic heterocycles. The van der Waals surface area contributed by atoms with Crippen molar-refractivity contribution >= 4 is 22.6 Å². The van der Waals surface area contributed by atoms with Crippen LogP contribution in [-0.2, 0) is 6.42 Å². The van der Waals surface area contributed by atoms with E-state index in [2.05, 4.69) is 22.2 Å². The first kappa shape index (κ1) is 22.1. The normalized spacial score (nSPS) is 13.3. The summed E-state index contributed by atoms with van der Waals surface area (Å²) >= 11 is 0. The van der Waals surface area contributed by atoms with E-state index in [9.17, 15) is 14.0 Å². The SMILES string of the molecule is CCCCNC(=O)c1ccc(-c2cc3c(CC)c(C(=O)CC4CC4)cnc3cc2F)nc1. The predicted octanol–water partition coefficient (Wildman–Crippen LogP) is 5.51. The summed E-state index contributed by atoms with van der Waals surface area (Å²) in [7, 11) is 0. The summed E-state index contributed by atoms with van der Waals surface area (Å²) in [6.45, 7) is 4.67. The zero-order valence-corrected chi connectivity index (χ0v) is 18.6. The molecule has 32 heavy (non-hydrogen) atoms. The van der Waals surface area contributed by atoms with Crippen LogP contribution in [-0.4, -0.2) is 28.2 Å². The Balaban J connectivity index is 1.67. The molecule has 5 nitrogen and oxygen atoms in total. The number of rotatable bonds is 9. The van der Waals surface area contributed by atoms with Gasteiger partial charge in [0.1, 0.15) is 5.82 Å². The van der Waals surface area contributed by atoms with Crippen molar-refractivity contribution in [2.75, 3.05) is 6.54 Å². The summed E-state index contributed by atoms with van der Waals surface area (Å²) in [5, 5.41) is 3.62. The number of carbonyl (C=O) groups excluding carboxylic acids is 2. The van der Waals surface area contributed by atoms with Gasteiger partial charge in [0.25, 0.3) is 5.91 Å². The highest BCUT2D eigenvalue weighted by Gasteiger charge is 2.26. The van der Waals surface area contributed by atoms with Gasteiger partial charge < -0.3 is 5.32 Å². The van der Waals surface area contributed by atoms with Crippen LogP contribution in [0.4, 0.5) is 4.39 Å². The van der Waals surface area contributed by atoms with Gasteiger partial charge in [-0.1, -0.05) is 20.3 Å². The summed E-state index contributed by atoms with van der Waals surface area (Å²) in [5.74, 6) is -0.0146. The first-order chi connectivity index (χ1) is 15.5. The molecule has 0 spiro atoms. The van der Waals surface area contributed by atoms with Gasteiger partial charge in [0.05, 0.1) is 16.8 Å².